The summed E-state index contributed by atoms with van der Waals surface area (Å²) in [6.45, 7) is 0.748. The van der Waals surface area contributed by atoms with E-state index in [9.17, 15) is 9.59 Å². The molecule has 0 spiro atoms. The van der Waals surface area contributed by atoms with Gasteiger partial charge in [-0.1, -0.05) is 24.3 Å². The lowest BCUT2D eigenvalue weighted by Gasteiger charge is -2.10. The van der Waals surface area contributed by atoms with Crippen molar-refractivity contribution in [1.29, 1.82) is 0 Å². The van der Waals surface area contributed by atoms with Gasteiger partial charge in [-0.05, 0) is 47.5 Å². The Hall–Kier alpha value is -4.07. The molecular weight excluding hydrogens is 382 g/mol. The van der Waals surface area contributed by atoms with E-state index in [1.54, 1.807) is 49.7 Å². The third-order valence-electron chi connectivity index (χ3n) is 4.37. The second kappa shape index (κ2) is 9.92. The van der Waals surface area contributed by atoms with Crippen LogP contribution >= 0.6 is 0 Å². The number of nitrogens with one attached hydrogen (secondary N) is 3. The molecule has 2 aromatic carbocycles. The van der Waals surface area contributed by atoms with Gasteiger partial charge in [0.05, 0.1) is 12.8 Å². The highest BCUT2D eigenvalue weighted by Crippen LogP contribution is 2.15. The molecule has 0 fully saturated rings. The minimum Gasteiger partial charge on any atom is -0.497 e. The van der Waals surface area contributed by atoms with Crippen molar-refractivity contribution in [2.24, 2.45) is 0 Å². The van der Waals surface area contributed by atoms with Gasteiger partial charge in [0, 0.05) is 24.8 Å². The maximum atomic E-state index is 12.3. The molecule has 0 radical (unpaired) electrons. The molecule has 8 nitrogen and oxygen atoms in total. The van der Waals surface area contributed by atoms with Crippen LogP contribution in [0.15, 0.2) is 66.9 Å². The molecule has 3 rings (SSSR count). The van der Waals surface area contributed by atoms with Gasteiger partial charge in [0.25, 0.3) is 5.91 Å². The van der Waals surface area contributed by atoms with Crippen LogP contribution in [0, 0.1) is 0 Å². The average Bonchev–Trinajstić information content (AvgIpc) is 2.78. The fourth-order valence-corrected chi connectivity index (χ4v) is 2.66. The Labute approximate surface area is 174 Å². The Balaban J connectivity index is 1.46. The lowest BCUT2D eigenvalue weighted by molar-refractivity contribution is 0.102. The van der Waals surface area contributed by atoms with E-state index < -0.39 is 0 Å². The van der Waals surface area contributed by atoms with Crippen LogP contribution in [0.25, 0.3) is 0 Å². The molecule has 5 N–H and O–H groups in total. The summed E-state index contributed by atoms with van der Waals surface area (Å²) in [5, 5.41) is 8.31. The molecule has 0 saturated carbocycles. The number of carbonyl (C=O) groups excluding carboxylic acids is 2. The largest absolute Gasteiger partial charge is 0.497 e. The Morgan fingerprint density at radius 2 is 1.53 bits per heavy atom. The van der Waals surface area contributed by atoms with Crippen molar-refractivity contribution < 1.29 is 14.3 Å². The minimum atomic E-state index is -0.286. The SMILES string of the molecule is COc1ccc(CNC(=O)NCc2ccc(C(=O)Nc3cccnc3N)cc2)cc1. The third kappa shape index (κ3) is 5.71. The molecule has 154 valence electrons. The number of ether oxygens (including phenoxy) is 1. The summed E-state index contributed by atoms with van der Waals surface area (Å²) >= 11 is 0. The van der Waals surface area contributed by atoms with Gasteiger partial charge in [-0.3, -0.25) is 4.79 Å². The van der Waals surface area contributed by atoms with Gasteiger partial charge in [-0.15, -0.1) is 0 Å². The molecule has 1 aromatic heterocycles. The molecule has 1 heterocycles. The predicted octanol–water partition coefficient (Wildman–Crippen LogP) is 2.92. The van der Waals surface area contributed by atoms with Crippen LogP contribution < -0.4 is 26.4 Å². The monoisotopic (exact) mass is 405 g/mol. The van der Waals surface area contributed by atoms with E-state index in [4.69, 9.17) is 10.5 Å². The number of urea groups is 1. The lowest BCUT2D eigenvalue weighted by Crippen LogP contribution is -2.34. The summed E-state index contributed by atoms with van der Waals surface area (Å²) in [6, 6.07) is 17.5. The maximum Gasteiger partial charge on any atom is 0.315 e. The van der Waals surface area contributed by atoms with Crippen LogP contribution in [0.4, 0.5) is 16.3 Å². The minimum absolute atomic E-state index is 0.257. The first-order chi connectivity index (χ1) is 14.5. The van der Waals surface area contributed by atoms with Crippen LogP contribution in [-0.2, 0) is 13.1 Å². The summed E-state index contributed by atoms with van der Waals surface area (Å²) in [5.74, 6) is 0.739. The zero-order valence-corrected chi connectivity index (χ0v) is 16.5. The van der Waals surface area contributed by atoms with Gasteiger partial charge < -0.3 is 26.4 Å². The van der Waals surface area contributed by atoms with E-state index >= 15 is 0 Å². The first kappa shape index (κ1) is 20.7. The van der Waals surface area contributed by atoms with Gasteiger partial charge >= 0.3 is 6.03 Å². The summed E-state index contributed by atoms with van der Waals surface area (Å²) in [6.07, 6.45) is 1.56. The molecule has 0 atom stereocenters. The number of rotatable bonds is 7. The Bertz CT molecular complexity index is 1000. The number of benzene rings is 2. The zero-order valence-electron chi connectivity index (χ0n) is 16.5. The van der Waals surface area contributed by atoms with E-state index in [2.05, 4.69) is 20.9 Å². The Kier molecular flexibility index (Phi) is 6.83. The van der Waals surface area contributed by atoms with Gasteiger partial charge in [0.1, 0.15) is 11.6 Å². The molecule has 0 saturated heterocycles. The standard InChI is InChI=1S/C22H23N5O3/c1-30-18-10-6-16(7-11-18)14-26-22(29)25-13-15-4-8-17(9-5-15)21(28)27-19-3-2-12-24-20(19)23/h2-12H,13-14H2,1H3,(H2,23,24)(H,27,28)(H2,25,26,29). The quantitative estimate of drug-likeness (QED) is 0.482. The molecule has 3 aromatic rings. The second-order valence-electron chi connectivity index (χ2n) is 6.47. The molecule has 0 unspecified atom stereocenters. The van der Waals surface area contributed by atoms with Gasteiger partial charge in [0.2, 0.25) is 0 Å². The number of pyridine rings is 1. The second-order valence-corrected chi connectivity index (χ2v) is 6.47. The van der Waals surface area contributed by atoms with E-state index in [0.29, 0.717) is 24.3 Å². The summed E-state index contributed by atoms with van der Waals surface area (Å²) in [7, 11) is 1.61. The summed E-state index contributed by atoms with van der Waals surface area (Å²) < 4.78 is 5.11. The number of anilines is 2. The number of nitrogen functional groups attached to an aromatic ring is 1. The van der Waals surface area contributed by atoms with Gasteiger partial charge in [-0.2, -0.15) is 0 Å². The van der Waals surface area contributed by atoms with Crippen LogP contribution in [0.3, 0.4) is 0 Å². The lowest BCUT2D eigenvalue weighted by atomic mass is 10.1. The maximum absolute atomic E-state index is 12.3. The number of hydrogen-bond donors (Lipinski definition) is 4. The molecule has 0 aliphatic rings. The van der Waals surface area contributed by atoms with E-state index in [0.717, 1.165) is 16.9 Å². The fraction of sp³-hybridized carbons (Fsp3) is 0.136. The fourth-order valence-electron chi connectivity index (χ4n) is 2.66. The number of methoxy groups -OCH3 is 1. The van der Waals surface area contributed by atoms with Crippen molar-refractivity contribution in [3.63, 3.8) is 0 Å². The number of nitrogens with two attached hydrogens (primary N) is 1. The first-order valence-corrected chi connectivity index (χ1v) is 9.30. The third-order valence-corrected chi connectivity index (χ3v) is 4.37. The summed E-state index contributed by atoms with van der Waals surface area (Å²) in [5.41, 5.74) is 8.51. The first-order valence-electron chi connectivity index (χ1n) is 9.30. The normalized spacial score (nSPS) is 10.2. The molecule has 3 amide bonds. The predicted molar refractivity (Wildman–Crippen MR) is 115 cm³/mol. The zero-order chi connectivity index (χ0) is 21.3. The highest BCUT2D eigenvalue weighted by Gasteiger charge is 2.09. The highest BCUT2D eigenvalue weighted by molar-refractivity contribution is 6.05. The number of nitrogens with zero attached hydrogens (tertiary/aromatic N) is 1. The Morgan fingerprint density at radius 3 is 2.10 bits per heavy atom. The van der Waals surface area contributed by atoms with Gasteiger partial charge in [-0.25, -0.2) is 9.78 Å². The number of amides is 3. The van der Waals surface area contributed by atoms with Crippen molar-refractivity contribution in [3.05, 3.63) is 83.6 Å². The van der Waals surface area contributed by atoms with Crippen molar-refractivity contribution >= 4 is 23.4 Å². The number of carbonyl (C=O) groups is 2. The van der Waals surface area contributed by atoms with Crippen LogP contribution in [0.2, 0.25) is 0 Å². The molecule has 0 aliphatic heterocycles. The van der Waals surface area contributed by atoms with Crippen LogP contribution in [-0.4, -0.2) is 24.0 Å². The smallest absolute Gasteiger partial charge is 0.315 e. The van der Waals surface area contributed by atoms with Crippen LogP contribution in [0.1, 0.15) is 21.5 Å². The van der Waals surface area contributed by atoms with Gasteiger partial charge in [0.15, 0.2) is 0 Å². The molecule has 0 bridgehead atoms. The molecular formula is C22H23N5O3. The molecule has 8 heteroatoms. The number of hydrogen-bond acceptors (Lipinski definition) is 5. The van der Waals surface area contributed by atoms with Crippen molar-refractivity contribution in [2.75, 3.05) is 18.2 Å². The Morgan fingerprint density at radius 1 is 0.933 bits per heavy atom. The molecule has 0 aliphatic carbocycles. The van der Waals surface area contributed by atoms with Crippen LogP contribution in [0.5, 0.6) is 5.75 Å². The number of aromatic nitrogens is 1. The van der Waals surface area contributed by atoms with E-state index in [1.807, 2.05) is 24.3 Å². The average molecular weight is 405 g/mol. The van der Waals surface area contributed by atoms with Crippen molar-refractivity contribution in [3.8, 4) is 5.75 Å². The van der Waals surface area contributed by atoms with E-state index in [-0.39, 0.29) is 17.8 Å². The van der Waals surface area contributed by atoms with Crippen molar-refractivity contribution in [1.82, 2.24) is 15.6 Å². The molecule has 30 heavy (non-hydrogen) atoms. The summed E-state index contributed by atoms with van der Waals surface area (Å²) in [4.78, 5) is 28.3. The highest BCUT2D eigenvalue weighted by atomic mass is 16.5. The van der Waals surface area contributed by atoms with Crippen molar-refractivity contribution in [2.45, 2.75) is 13.1 Å². The van der Waals surface area contributed by atoms with E-state index in [1.165, 1.54) is 0 Å². The topological polar surface area (TPSA) is 118 Å².